The molecule has 1 aromatic carbocycles. The molecule has 3 N–H and O–H groups in total. The van der Waals surface area contributed by atoms with Gasteiger partial charge in [-0.3, -0.25) is 4.79 Å². The molecule has 1 unspecified atom stereocenters. The van der Waals surface area contributed by atoms with Crippen LogP contribution in [0.15, 0.2) is 23.1 Å². The number of benzene rings is 1. The van der Waals surface area contributed by atoms with Crippen molar-refractivity contribution in [3.05, 3.63) is 23.8 Å². The molecule has 0 heterocycles. The molecule has 0 aliphatic carbocycles. The van der Waals surface area contributed by atoms with Crippen LogP contribution in [-0.2, 0) is 9.84 Å². The number of nitrogen functional groups attached to an aromatic ring is 1. The molecule has 1 aromatic rings. The van der Waals surface area contributed by atoms with Crippen molar-refractivity contribution in [3.63, 3.8) is 0 Å². The average molecular weight is 299 g/mol. The summed E-state index contributed by atoms with van der Waals surface area (Å²) in [7, 11) is 0.437. The van der Waals surface area contributed by atoms with E-state index < -0.39 is 9.84 Å². The molecule has 0 aliphatic heterocycles. The first-order valence-corrected chi connectivity index (χ1v) is 8.05. The van der Waals surface area contributed by atoms with Gasteiger partial charge in [-0.05, 0) is 39.2 Å². The first-order chi connectivity index (χ1) is 9.11. The minimum absolute atomic E-state index is 0.0447. The summed E-state index contributed by atoms with van der Waals surface area (Å²) in [6, 6.07) is 4.31. The molecule has 0 saturated carbocycles. The fourth-order valence-electron chi connectivity index (χ4n) is 1.49. The Bertz CT molecular complexity index is 597. The lowest BCUT2D eigenvalue weighted by Gasteiger charge is -2.20. The van der Waals surface area contributed by atoms with Gasteiger partial charge in [0, 0.05) is 30.1 Å². The van der Waals surface area contributed by atoms with E-state index in [-0.39, 0.29) is 28.1 Å². The van der Waals surface area contributed by atoms with Crippen molar-refractivity contribution < 1.29 is 13.2 Å². The minimum atomic E-state index is -3.39. The maximum atomic E-state index is 12.0. The summed E-state index contributed by atoms with van der Waals surface area (Å²) in [5.74, 6) is -0.337. The molecule has 1 rings (SSSR count). The second-order valence-corrected chi connectivity index (χ2v) is 7.10. The van der Waals surface area contributed by atoms with E-state index in [4.69, 9.17) is 5.73 Å². The number of anilines is 1. The smallest absolute Gasteiger partial charge is 0.251 e. The summed E-state index contributed by atoms with van der Waals surface area (Å²) in [6.45, 7) is 2.44. The molecule has 112 valence electrons. The van der Waals surface area contributed by atoms with Gasteiger partial charge in [-0.2, -0.15) is 0 Å². The quantitative estimate of drug-likeness (QED) is 0.766. The van der Waals surface area contributed by atoms with Crippen LogP contribution >= 0.6 is 0 Å². The molecule has 7 heteroatoms. The lowest BCUT2D eigenvalue weighted by atomic mass is 10.2. The Morgan fingerprint density at radius 3 is 2.45 bits per heavy atom. The van der Waals surface area contributed by atoms with Crippen LogP contribution in [0.3, 0.4) is 0 Å². The SMILES string of the molecule is CC(CNC(=O)c1cc(N)cc(S(C)(=O)=O)c1)N(C)C. The number of likely N-dealkylation sites (N-methyl/N-ethyl adjacent to an activating group) is 1. The van der Waals surface area contributed by atoms with Crippen molar-refractivity contribution in [1.82, 2.24) is 10.2 Å². The number of nitrogens with one attached hydrogen (secondary N) is 1. The second kappa shape index (κ2) is 6.23. The van der Waals surface area contributed by atoms with Gasteiger partial charge in [0.25, 0.3) is 5.91 Å². The summed E-state index contributed by atoms with van der Waals surface area (Å²) in [5, 5.41) is 2.75. The van der Waals surface area contributed by atoms with Crippen LogP contribution in [0, 0.1) is 0 Å². The molecule has 0 aromatic heterocycles. The van der Waals surface area contributed by atoms with Crippen molar-refractivity contribution >= 4 is 21.4 Å². The van der Waals surface area contributed by atoms with Crippen LogP contribution in [0.2, 0.25) is 0 Å². The van der Waals surface area contributed by atoms with Gasteiger partial charge in [-0.1, -0.05) is 0 Å². The molecule has 0 radical (unpaired) electrons. The maximum absolute atomic E-state index is 12.0. The van der Waals surface area contributed by atoms with Crippen molar-refractivity contribution in [3.8, 4) is 0 Å². The number of hydrogen-bond acceptors (Lipinski definition) is 5. The Hall–Kier alpha value is -1.60. The minimum Gasteiger partial charge on any atom is -0.399 e. The molecule has 20 heavy (non-hydrogen) atoms. The van der Waals surface area contributed by atoms with Gasteiger partial charge in [-0.15, -0.1) is 0 Å². The van der Waals surface area contributed by atoms with Crippen molar-refractivity contribution in [2.45, 2.75) is 17.9 Å². The maximum Gasteiger partial charge on any atom is 0.251 e. The summed E-state index contributed by atoms with van der Waals surface area (Å²) in [6.07, 6.45) is 1.08. The topological polar surface area (TPSA) is 92.5 Å². The predicted octanol–water partition coefficient (Wildman–Crippen LogP) is 0.352. The van der Waals surface area contributed by atoms with E-state index >= 15 is 0 Å². The monoisotopic (exact) mass is 299 g/mol. The first-order valence-electron chi connectivity index (χ1n) is 6.16. The lowest BCUT2D eigenvalue weighted by molar-refractivity contribution is 0.0943. The molecule has 0 bridgehead atoms. The Morgan fingerprint density at radius 1 is 1.35 bits per heavy atom. The first kappa shape index (κ1) is 16.5. The summed E-state index contributed by atoms with van der Waals surface area (Å²) < 4.78 is 23.0. The number of nitrogens with two attached hydrogens (primary N) is 1. The summed E-state index contributed by atoms with van der Waals surface area (Å²) in [5.41, 5.74) is 6.14. The second-order valence-electron chi connectivity index (χ2n) is 5.09. The van der Waals surface area contributed by atoms with Crippen molar-refractivity contribution in [2.75, 3.05) is 32.6 Å². The Labute approximate surface area is 119 Å². The van der Waals surface area contributed by atoms with Crippen LogP contribution in [-0.4, -0.2) is 52.2 Å². The molecule has 0 saturated heterocycles. The summed E-state index contributed by atoms with van der Waals surface area (Å²) in [4.78, 5) is 14.0. The van der Waals surface area contributed by atoms with E-state index in [2.05, 4.69) is 5.32 Å². The van der Waals surface area contributed by atoms with Crippen molar-refractivity contribution in [1.29, 1.82) is 0 Å². The molecule has 6 nitrogen and oxygen atoms in total. The van der Waals surface area contributed by atoms with E-state index in [0.717, 1.165) is 6.26 Å². The Kier molecular flexibility index (Phi) is 5.13. The zero-order valence-corrected chi connectivity index (χ0v) is 13.0. The third kappa shape index (κ3) is 4.50. The number of amides is 1. The van der Waals surface area contributed by atoms with E-state index in [1.165, 1.54) is 18.2 Å². The third-order valence-corrected chi connectivity index (χ3v) is 4.15. The molecular formula is C13H21N3O3S. The highest BCUT2D eigenvalue weighted by molar-refractivity contribution is 7.90. The standard InChI is InChI=1S/C13H21N3O3S/c1-9(16(2)3)8-15-13(17)10-5-11(14)7-12(6-10)20(4,18)19/h5-7,9H,8,14H2,1-4H3,(H,15,17). The largest absolute Gasteiger partial charge is 0.399 e. The van der Waals surface area contributed by atoms with Crippen LogP contribution in [0.4, 0.5) is 5.69 Å². The van der Waals surface area contributed by atoms with Crippen LogP contribution in [0.1, 0.15) is 17.3 Å². The van der Waals surface area contributed by atoms with Gasteiger partial charge in [0.1, 0.15) is 0 Å². The summed E-state index contributed by atoms with van der Waals surface area (Å²) >= 11 is 0. The normalized spacial score (nSPS) is 13.2. The molecule has 0 aliphatic rings. The number of hydrogen-bond donors (Lipinski definition) is 2. The molecule has 1 amide bonds. The zero-order valence-electron chi connectivity index (χ0n) is 12.2. The van der Waals surface area contributed by atoms with Crippen molar-refractivity contribution in [2.24, 2.45) is 0 Å². The number of sulfone groups is 1. The third-order valence-electron chi connectivity index (χ3n) is 3.06. The number of rotatable bonds is 5. The van der Waals surface area contributed by atoms with Gasteiger partial charge >= 0.3 is 0 Å². The van der Waals surface area contributed by atoms with Gasteiger partial charge in [0.05, 0.1) is 4.90 Å². The van der Waals surface area contributed by atoms with E-state index in [1.54, 1.807) is 0 Å². The molecule has 0 fully saturated rings. The Balaban J connectivity index is 2.92. The van der Waals surface area contributed by atoms with E-state index in [1.807, 2.05) is 25.9 Å². The highest BCUT2D eigenvalue weighted by Crippen LogP contribution is 2.16. The van der Waals surface area contributed by atoms with Crippen LogP contribution < -0.4 is 11.1 Å². The fourth-order valence-corrected chi connectivity index (χ4v) is 2.18. The predicted molar refractivity (Wildman–Crippen MR) is 79.4 cm³/mol. The zero-order chi connectivity index (χ0) is 15.5. The molecule has 1 atom stereocenters. The van der Waals surface area contributed by atoms with Crippen LogP contribution in [0.5, 0.6) is 0 Å². The highest BCUT2D eigenvalue weighted by Gasteiger charge is 2.14. The average Bonchev–Trinajstić information content (AvgIpc) is 2.33. The Morgan fingerprint density at radius 2 is 1.95 bits per heavy atom. The van der Waals surface area contributed by atoms with Crippen LogP contribution in [0.25, 0.3) is 0 Å². The fraction of sp³-hybridized carbons (Fsp3) is 0.462. The van der Waals surface area contributed by atoms with E-state index in [0.29, 0.717) is 6.54 Å². The number of nitrogens with zero attached hydrogens (tertiary/aromatic N) is 1. The molecule has 0 spiro atoms. The van der Waals surface area contributed by atoms with Gasteiger partial charge in [0.15, 0.2) is 9.84 Å². The van der Waals surface area contributed by atoms with Gasteiger partial charge in [-0.25, -0.2) is 8.42 Å². The number of carbonyl (C=O) groups excluding carboxylic acids is 1. The highest BCUT2D eigenvalue weighted by atomic mass is 32.2. The molecular weight excluding hydrogens is 278 g/mol. The van der Waals surface area contributed by atoms with E-state index in [9.17, 15) is 13.2 Å². The number of carbonyl (C=O) groups is 1. The van der Waals surface area contributed by atoms with Gasteiger partial charge in [0.2, 0.25) is 0 Å². The lowest BCUT2D eigenvalue weighted by Crippen LogP contribution is -2.38. The van der Waals surface area contributed by atoms with Gasteiger partial charge < -0.3 is 16.0 Å².